The first-order valence-corrected chi connectivity index (χ1v) is 11.7. The molecule has 174 valence electrons. The summed E-state index contributed by atoms with van der Waals surface area (Å²) in [5, 5.41) is 26.9. The molecule has 5 nitrogen and oxygen atoms in total. The number of hydrogen-bond donors (Lipinski definition) is 4. The molecule has 1 fully saturated rings. The number of aliphatic hydroxyl groups is 2. The van der Waals surface area contributed by atoms with Crippen LogP contribution in [0.2, 0.25) is 0 Å². The van der Waals surface area contributed by atoms with Gasteiger partial charge in [-0.3, -0.25) is 0 Å². The summed E-state index contributed by atoms with van der Waals surface area (Å²) in [6.45, 7) is 1.65. The molecule has 0 aromatic heterocycles. The molecule has 0 amide bonds. The molecule has 0 saturated carbocycles. The highest BCUT2D eigenvalue weighted by atomic mass is 16.5. The van der Waals surface area contributed by atoms with E-state index < -0.39 is 0 Å². The third-order valence-corrected chi connectivity index (χ3v) is 6.74. The van der Waals surface area contributed by atoms with Gasteiger partial charge in [-0.05, 0) is 47.7 Å². The van der Waals surface area contributed by atoms with Gasteiger partial charge in [0.05, 0.1) is 13.7 Å². The lowest BCUT2D eigenvalue weighted by Crippen LogP contribution is -2.46. The zero-order chi connectivity index (χ0) is 23.0. The first kappa shape index (κ1) is 23.5. The Balaban J connectivity index is 1.65. The minimum absolute atomic E-state index is 0.00181. The Morgan fingerprint density at radius 1 is 0.970 bits per heavy atom. The number of hydrogen-bond acceptors (Lipinski definition) is 5. The molecule has 3 aromatic carbocycles. The van der Waals surface area contributed by atoms with E-state index in [0.29, 0.717) is 12.5 Å². The quantitative estimate of drug-likeness (QED) is 0.384. The van der Waals surface area contributed by atoms with Gasteiger partial charge in [-0.1, -0.05) is 66.7 Å². The van der Waals surface area contributed by atoms with Gasteiger partial charge >= 0.3 is 0 Å². The maximum atomic E-state index is 9.74. The van der Waals surface area contributed by atoms with Crippen LogP contribution in [-0.2, 0) is 13.2 Å². The van der Waals surface area contributed by atoms with Gasteiger partial charge in [-0.2, -0.15) is 0 Å². The number of aliphatic hydroxyl groups excluding tert-OH is 2. The summed E-state index contributed by atoms with van der Waals surface area (Å²) in [6.07, 6.45) is 0.741. The number of benzene rings is 3. The molecule has 1 aliphatic rings. The van der Waals surface area contributed by atoms with Crippen molar-refractivity contribution in [1.82, 2.24) is 10.6 Å². The second-order valence-corrected chi connectivity index (χ2v) is 8.72. The van der Waals surface area contributed by atoms with E-state index in [1.54, 1.807) is 7.11 Å². The summed E-state index contributed by atoms with van der Waals surface area (Å²) < 4.78 is 5.57. The molecule has 0 aliphatic carbocycles. The summed E-state index contributed by atoms with van der Waals surface area (Å²) in [6, 6.07) is 27.4. The SMILES string of the molecule is COc1ccc(CO)cc1CNC1C(CCO)CNC1C(c1ccccc1)c1ccccc1. The highest BCUT2D eigenvalue weighted by molar-refractivity contribution is 5.38. The van der Waals surface area contributed by atoms with Crippen LogP contribution in [-0.4, -0.2) is 42.6 Å². The van der Waals surface area contributed by atoms with Gasteiger partial charge in [0, 0.05) is 36.7 Å². The summed E-state index contributed by atoms with van der Waals surface area (Å²) in [4.78, 5) is 0. The van der Waals surface area contributed by atoms with E-state index in [1.165, 1.54) is 11.1 Å². The predicted octanol–water partition coefficient (Wildman–Crippen LogP) is 3.45. The fourth-order valence-corrected chi connectivity index (χ4v) is 5.12. The van der Waals surface area contributed by atoms with Crippen molar-refractivity contribution < 1.29 is 14.9 Å². The third kappa shape index (κ3) is 5.45. The van der Waals surface area contributed by atoms with Crippen LogP contribution in [0.5, 0.6) is 5.75 Å². The van der Waals surface area contributed by atoms with Crippen LogP contribution in [0.1, 0.15) is 34.6 Å². The highest BCUT2D eigenvalue weighted by Crippen LogP contribution is 2.35. The molecule has 0 bridgehead atoms. The summed E-state index contributed by atoms with van der Waals surface area (Å²) in [7, 11) is 1.67. The Kier molecular flexibility index (Phi) is 8.13. The van der Waals surface area contributed by atoms with E-state index in [9.17, 15) is 10.2 Å². The van der Waals surface area contributed by atoms with Gasteiger partial charge in [-0.25, -0.2) is 0 Å². The van der Waals surface area contributed by atoms with Crippen LogP contribution in [0.15, 0.2) is 78.9 Å². The molecular weight excluding hydrogens is 412 g/mol. The summed E-state index contributed by atoms with van der Waals surface area (Å²) in [5.74, 6) is 1.30. The zero-order valence-corrected chi connectivity index (χ0v) is 19.2. The Bertz CT molecular complexity index is 957. The van der Waals surface area contributed by atoms with Crippen molar-refractivity contribution in [3.8, 4) is 5.75 Å². The van der Waals surface area contributed by atoms with E-state index in [0.717, 1.165) is 29.8 Å². The van der Waals surface area contributed by atoms with E-state index in [1.807, 2.05) is 18.2 Å². The second-order valence-electron chi connectivity index (χ2n) is 8.72. The van der Waals surface area contributed by atoms with Crippen LogP contribution >= 0.6 is 0 Å². The van der Waals surface area contributed by atoms with Gasteiger partial charge in [0.2, 0.25) is 0 Å². The van der Waals surface area contributed by atoms with E-state index in [4.69, 9.17) is 4.74 Å². The average molecular weight is 447 g/mol. The molecule has 4 N–H and O–H groups in total. The molecule has 1 aliphatic heterocycles. The molecule has 3 unspecified atom stereocenters. The lowest BCUT2D eigenvalue weighted by Gasteiger charge is -2.32. The zero-order valence-electron chi connectivity index (χ0n) is 19.2. The van der Waals surface area contributed by atoms with Crippen molar-refractivity contribution >= 4 is 0 Å². The van der Waals surface area contributed by atoms with Crippen molar-refractivity contribution in [2.45, 2.75) is 37.6 Å². The van der Waals surface area contributed by atoms with Crippen LogP contribution < -0.4 is 15.4 Å². The Morgan fingerprint density at radius 3 is 2.21 bits per heavy atom. The number of rotatable bonds is 10. The molecule has 1 saturated heterocycles. The van der Waals surface area contributed by atoms with E-state index in [-0.39, 0.29) is 31.2 Å². The fourth-order valence-electron chi connectivity index (χ4n) is 5.12. The van der Waals surface area contributed by atoms with E-state index in [2.05, 4.69) is 71.3 Å². The first-order valence-electron chi connectivity index (χ1n) is 11.7. The van der Waals surface area contributed by atoms with Crippen molar-refractivity contribution in [2.24, 2.45) is 5.92 Å². The lowest BCUT2D eigenvalue weighted by atomic mass is 9.80. The fraction of sp³-hybridized carbons (Fsp3) is 0.357. The van der Waals surface area contributed by atoms with Crippen LogP contribution in [0.3, 0.4) is 0 Å². The highest BCUT2D eigenvalue weighted by Gasteiger charge is 2.40. The minimum Gasteiger partial charge on any atom is -0.496 e. The van der Waals surface area contributed by atoms with Crippen molar-refractivity contribution in [1.29, 1.82) is 0 Å². The van der Waals surface area contributed by atoms with Gasteiger partial charge in [-0.15, -0.1) is 0 Å². The first-order chi connectivity index (χ1) is 16.2. The summed E-state index contributed by atoms with van der Waals surface area (Å²) >= 11 is 0. The van der Waals surface area contributed by atoms with Crippen LogP contribution in [0.25, 0.3) is 0 Å². The van der Waals surface area contributed by atoms with Crippen molar-refractivity contribution in [3.63, 3.8) is 0 Å². The van der Waals surface area contributed by atoms with Gasteiger partial charge < -0.3 is 25.6 Å². The molecule has 4 rings (SSSR count). The maximum absolute atomic E-state index is 9.74. The lowest BCUT2D eigenvalue weighted by molar-refractivity contribution is 0.241. The number of nitrogens with one attached hydrogen (secondary N) is 2. The van der Waals surface area contributed by atoms with Gasteiger partial charge in [0.15, 0.2) is 0 Å². The normalized spacial score (nSPS) is 20.3. The standard InChI is InChI=1S/C28H34N2O3/c1-33-25-13-12-20(19-32)16-24(25)18-29-27-23(14-15-31)17-30-28(27)26(21-8-4-2-5-9-21)22-10-6-3-7-11-22/h2-13,16,23,26-32H,14-15,17-19H2,1H3. The van der Waals surface area contributed by atoms with Crippen LogP contribution in [0.4, 0.5) is 0 Å². The van der Waals surface area contributed by atoms with E-state index >= 15 is 0 Å². The van der Waals surface area contributed by atoms with Gasteiger partial charge in [0.1, 0.15) is 5.75 Å². The molecule has 33 heavy (non-hydrogen) atoms. The molecule has 5 heteroatoms. The smallest absolute Gasteiger partial charge is 0.123 e. The van der Waals surface area contributed by atoms with Gasteiger partial charge in [0.25, 0.3) is 0 Å². The average Bonchev–Trinajstić information content (AvgIpc) is 3.26. The minimum atomic E-state index is 0.00181. The number of ether oxygens (including phenoxy) is 1. The second kappa shape index (κ2) is 11.4. The molecule has 0 radical (unpaired) electrons. The molecule has 0 spiro atoms. The Labute approximate surface area is 196 Å². The van der Waals surface area contributed by atoms with Crippen molar-refractivity contribution in [2.75, 3.05) is 20.3 Å². The molecule has 3 atom stereocenters. The summed E-state index contributed by atoms with van der Waals surface area (Å²) in [5.41, 5.74) is 4.44. The topological polar surface area (TPSA) is 73.8 Å². The van der Waals surface area contributed by atoms with Crippen molar-refractivity contribution in [3.05, 3.63) is 101 Å². The maximum Gasteiger partial charge on any atom is 0.123 e. The molecular formula is C28H34N2O3. The number of methoxy groups -OCH3 is 1. The monoisotopic (exact) mass is 446 g/mol. The van der Waals surface area contributed by atoms with Crippen LogP contribution in [0, 0.1) is 5.92 Å². The molecule has 3 aromatic rings. The Morgan fingerprint density at radius 2 is 1.64 bits per heavy atom. The third-order valence-electron chi connectivity index (χ3n) is 6.74. The Hall–Kier alpha value is -2.70. The predicted molar refractivity (Wildman–Crippen MR) is 131 cm³/mol. The molecule has 1 heterocycles. The largest absolute Gasteiger partial charge is 0.496 e.